The Kier molecular flexibility index (Phi) is 4.03. The average Bonchev–Trinajstić information content (AvgIpc) is 2.79. The summed E-state index contributed by atoms with van der Waals surface area (Å²) in [5.41, 5.74) is 1.91. The molecule has 0 saturated heterocycles. The number of fused-ring (bicyclic) bond motifs is 1. The van der Waals surface area contributed by atoms with Gasteiger partial charge < -0.3 is 5.32 Å². The molecule has 1 N–H and O–H groups in total. The van der Waals surface area contributed by atoms with Gasteiger partial charge in [0.05, 0.1) is 10.2 Å². The van der Waals surface area contributed by atoms with Crippen molar-refractivity contribution in [3.05, 3.63) is 57.0 Å². The summed E-state index contributed by atoms with van der Waals surface area (Å²) in [5, 5.41) is 6.10. The van der Waals surface area contributed by atoms with Crippen molar-refractivity contribution in [1.82, 2.24) is 4.98 Å². The van der Waals surface area contributed by atoms with E-state index in [1.807, 2.05) is 30.3 Å². The largest absolute Gasteiger partial charge is 0.357 e. The van der Waals surface area contributed by atoms with Gasteiger partial charge in [-0.2, -0.15) is 0 Å². The summed E-state index contributed by atoms with van der Waals surface area (Å²) >= 11 is 19.5. The van der Waals surface area contributed by atoms with E-state index in [0.717, 1.165) is 20.9 Å². The third-order valence-electron chi connectivity index (χ3n) is 2.80. The van der Waals surface area contributed by atoms with E-state index in [1.54, 1.807) is 17.4 Å². The number of hydrogen-bond donors (Lipinski definition) is 1. The fourth-order valence-electron chi connectivity index (χ4n) is 1.81. The molecule has 102 valence electrons. The molecule has 0 aliphatic rings. The molecule has 2 aromatic carbocycles. The Morgan fingerprint density at radius 2 is 1.75 bits per heavy atom. The molecule has 1 aromatic heterocycles. The third-order valence-corrected chi connectivity index (χ3v) is 4.59. The lowest BCUT2D eigenvalue weighted by atomic mass is 10.2. The van der Waals surface area contributed by atoms with E-state index in [1.165, 1.54) is 0 Å². The lowest BCUT2D eigenvalue weighted by Gasteiger charge is -2.05. The first kappa shape index (κ1) is 14.0. The van der Waals surface area contributed by atoms with Crippen molar-refractivity contribution in [3.8, 4) is 0 Å². The first-order valence-electron chi connectivity index (χ1n) is 5.86. The number of benzene rings is 2. The number of hydrogen-bond acceptors (Lipinski definition) is 3. The molecule has 0 radical (unpaired) electrons. The van der Waals surface area contributed by atoms with Crippen molar-refractivity contribution < 1.29 is 0 Å². The van der Waals surface area contributed by atoms with Gasteiger partial charge in [-0.15, -0.1) is 0 Å². The second-order valence-corrected chi connectivity index (χ2v) is 6.53. The highest BCUT2D eigenvalue weighted by Crippen LogP contribution is 2.29. The Morgan fingerprint density at radius 1 is 1.00 bits per heavy atom. The minimum absolute atomic E-state index is 0.601. The number of halogens is 3. The maximum Gasteiger partial charge on any atom is 0.184 e. The number of nitrogens with one attached hydrogen (secondary N) is 1. The Bertz CT molecular complexity index is 770. The highest BCUT2D eigenvalue weighted by Gasteiger charge is 2.06. The smallest absolute Gasteiger partial charge is 0.184 e. The maximum absolute atomic E-state index is 6.14. The topological polar surface area (TPSA) is 24.9 Å². The lowest BCUT2D eigenvalue weighted by molar-refractivity contribution is 1.14. The molecule has 2 nitrogen and oxygen atoms in total. The van der Waals surface area contributed by atoms with E-state index in [2.05, 4.69) is 10.3 Å². The van der Waals surface area contributed by atoms with E-state index in [4.69, 9.17) is 34.8 Å². The van der Waals surface area contributed by atoms with E-state index < -0.39 is 0 Å². The summed E-state index contributed by atoms with van der Waals surface area (Å²) in [5.74, 6) is 0. The van der Waals surface area contributed by atoms with E-state index in [9.17, 15) is 0 Å². The normalized spacial score (nSPS) is 10.9. The van der Waals surface area contributed by atoms with Crippen LogP contribution in [-0.2, 0) is 6.54 Å². The van der Waals surface area contributed by atoms with Crippen molar-refractivity contribution in [2.24, 2.45) is 0 Å². The van der Waals surface area contributed by atoms with E-state index in [-0.39, 0.29) is 0 Å². The second-order valence-electron chi connectivity index (χ2n) is 4.22. The van der Waals surface area contributed by atoms with Gasteiger partial charge in [0, 0.05) is 21.6 Å². The Balaban J connectivity index is 1.79. The van der Waals surface area contributed by atoms with Crippen LogP contribution in [0.1, 0.15) is 5.56 Å². The first-order chi connectivity index (χ1) is 9.61. The molecule has 3 aromatic rings. The van der Waals surface area contributed by atoms with E-state index >= 15 is 0 Å². The molecule has 0 fully saturated rings. The molecule has 0 unspecified atom stereocenters. The summed E-state index contributed by atoms with van der Waals surface area (Å²) in [6.07, 6.45) is 0. The summed E-state index contributed by atoms with van der Waals surface area (Å²) in [6.45, 7) is 0.601. The van der Waals surface area contributed by atoms with Crippen LogP contribution in [0.15, 0.2) is 36.4 Å². The maximum atomic E-state index is 6.14. The zero-order valence-electron chi connectivity index (χ0n) is 10.2. The predicted molar refractivity (Wildman–Crippen MR) is 88.4 cm³/mol. The third kappa shape index (κ3) is 3.01. The van der Waals surface area contributed by atoms with Crippen molar-refractivity contribution in [2.75, 3.05) is 5.32 Å². The number of thiazole rings is 1. The molecule has 1 heterocycles. The minimum atomic E-state index is 0.601. The molecule has 3 rings (SSSR count). The lowest BCUT2D eigenvalue weighted by Crippen LogP contribution is -1.99. The zero-order valence-corrected chi connectivity index (χ0v) is 13.2. The van der Waals surface area contributed by atoms with E-state index in [0.29, 0.717) is 21.6 Å². The molecule has 0 aliphatic carbocycles. The van der Waals surface area contributed by atoms with Crippen molar-refractivity contribution in [1.29, 1.82) is 0 Å². The fourth-order valence-corrected chi connectivity index (χ4v) is 3.42. The van der Waals surface area contributed by atoms with Crippen LogP contribution in [0.5, 0.6) is 0 Å². The molecular formula is C14H9Cl3N2S. The van der Waals surface area contributed by atoms with Crippen LogP contribution in [0.2, 0.25) is 15.1 Å². The van der Waals surface area contributed by atoms with Crippen LogP contribution in [0.4, 0.5) is 5.13 Å². The van der Waals surface area contributed by atoms with Gasteiger partial charge in [0.1, 0.15) is 0 Å². The number of nitrogens with zero attached hydrogens (tertiary/aromatic N) is 1. The zero-order chi connectivity index (χ0) is 14.1. The summed E-state index contributed by atoms with van der Waals surface area (Å²) < 4.78 is 1.06. The van der Waals surface area contributed by atoms with Gasteiger partial charge in [-0.1, -0.05) is 52.2 Å². The first-order valence-corrected chi connectivity index (χ1v) is 7.81. The summed E-state index contributed by atoms with van der Waals surface area (Å²) in [4.78, 5) is 4.50. The Morgan fingerprint density at radius 3 is 2.55 bits per heavy atom. The molecule has 0 atom stereocenters. The molecular weight excluding hydrogens is 335 g/mol. The fraction of sp³-hybridized carbons (Fsp3) is 0.0714. The average molecular weight is 344 g/mol. The molecule has 0 amide bonds. The predicted octanol–water partition coefficient (Wildman–Crippen LogP) is 5.87. The summed E-state index contributed by atoms with van der Waals surface area (Å²) in [6, 6.07) is 11.1. The molecule has 6 heteroatoms. The van der Waals surface area contributed by atoms with Crippen molar-refractivity contribution in [3.63, 3.8) is 0 Å². The van der Waals surface area contributed by atoms with Gasteiger partial charge in [0.15, 0.2) is 5.13 Å². The van der Waals surface area contributed by atoms with Gasteiger partial charge in [0.25, 0.3) is 0 Å². The second kappa shape index (κ2) is 5.78. The Labute approximate surface area is 135 Å². The number of aromatic nitrogens is 1. The molecule has 20 heavy (non-hydrogen) atoms. The van der Waals surface area contributed by atoms with Gasteiger partial charge in [-0.3, -0.25) is 0 Å². The van der Waals surface area contributed by atoms with Crippen LogP contribution in [0, 0.1) is 0 Å². The standard InChI is InChI=1S/C14H9Cl3N2S/c15-9-2-1-8(11(17)5-9)7-18-14-19-12-4-3-10(16)6-13(12)20-14/h1-6H,7H2,(H,18,19). The van der Waals surface area contributed by atoms with Gasteiger partial charge >= 0.3 is 0 Å². The molecule has 0 saturated carbocycles. The van der Waals surface area contributed by atoms with Crippen molar-refractivity contribution in [2.45, 2.75) is 6.54 Å². The summed E-state index contributed by atoms with van der Waals surface area (Å²) in [7, 11) is 0. The van der Waals surface area contributed by atoms with Crippen LogP contribution < -0.4 is 5.32 Å². The quantitative estimate of drug-likeness (QED) is 0.643. The highest BCUT2D eigenvalue weighted by atomic mass is 35.5. The van der Waals surface area contributed by atoms with Crippen molar-refractivity contribution >= 4 is 61.5 Å². The molecule has 0 bridgehead atoms. The molecule has 0 spiro atoms. The van der Waals surface area contributed by atoms with Crippen LogP contribution in [0.25, 0.3) is 10.2 Å². The van der Waals surface area contributed by atoms with Crippen LogP contribution in [-0.4, -0.2) is 4.98 Å². The number of anilines is 1. The SMILES string of the molecule is Clc1ccc(CNc2nc3ccc(Cl)cc3s2)c(Cl)c1. The number of rotatable bonds is 3. The monoisotopic (exact) mass is 342 g/mol. The van der Waals surface area contributed by atoms with Gasteiger partial charge in [-0.25, -0.2) is 4.98 Å². The van der Waals surface area contributed by atoms with Crippen LogP contribution >= 0.6 is 46.1 Å². The Hall–Kier alpha value is -1.000. The minimum Gasteiger partial charge on any atom is -0.357 e. The molecule has 0 aliphatic heterocycles. The highest BCUT2D eigenvalue weighted by molar-refractivity contribution is 7.22. The van der Waals surface area contributed by atoms with Gasteiger partial charge in [-0.05, 0) is 35.9 Å². The van der Waals surface area contributed by atoms with Crippen LogP contribution in [0.3, 0.4) is 0 Å². The van der Waals surface area contributed by atoms with Gasteiger partial charge in [0.2, 0.25) is 0 Å².